The summed E-state index contributed by atoms with van der Waals surface area (Å²) in [7, 11) is 0. The molecule has 1 aromatic heterocycles. The molecule has 2 aliphatic rings. The second-order valence-electron chi connectivity index (χ2n) is 7.92. The molecule has 1 atom stereocenters. The molecule has 1 saturated carbocycles. The van der Waals surface area contributed by atoms with Gasteiger partial charge in [0, 0.05) is 19.1 Å². The van der Waals surface area contributed by atoms with Crippen molar-refractivity contribution in [2.45, 2.75) is 44.8 Å². The van der Waals surface area contributed by atoms with Crippen LogP contribution in [0.5, 0.6) is 5.75 Å². The Morgan fingerprint density at radius 2 is 1.82 bits per heavy atom. The molecule has 0 spiro atoms. The normalized spacial score (nSPS) is 20.4. The van der Waals surface area contributed by atoms with E-state index in [0.29, 0.717) is 11.2 Å². The van der Waals surface area contributed by atoms with Crippen LogP contribution < -0.4 is 10.3 Å². The molecular formula is C23H25N3O2. The first kappa shape index (κ1) is 17.4. The van der Waals surface area contributed by atoms with E-state index < -0.39 is 0 Å². The van der Waals surface area contributed by atoms with E-state index in [1.165, 1.54) is 19.3 Å². The van der Waals surface area contributed by atoms with Crippen LogP contribution >= 0.6 is 0 Å². The van der Waals surface area contributed by atoms with Crippen molar-refractivity contribution in [2.24, 2.45) is 0 Å². The molecular weight excluding hydrogens is 350 g/mol. The fourth-order valence-corrected chi connectivity index (χ4v) is 4.35. The lowest BCUT2D eigenvalue weighted by atomic mass is 9.92. The predicted octanol–water partition coefficient (Wildman–Crippen LogP) is 3.70. The van der Waals surface area contributed by atoms with E-state index in [9.17, 15) is 4.79 Å². The molecule has 0 amide bonds. The summed E-state index contributed by atoms with van der Waals surface area (Å²) in [4.78, 5) is 20.1. The number of para-hydroxylation sites is 1. The first-order valence-corrected chi connectivity index (χ1v) is 10.2. The Kier molecular flexibility index (Phi) is 4.40. The molecule has 1 aliphatic heterocycles. The van der Waals surface area contributed by atoms with Crippen molar-refractivity contribution in [2.75, 3.05) is 13.1 Å². The molecule has 5 heteroatoms. The maximum Gasteiger partial charge on any atom is 0.265 e. The number of nitrogens with zero attached hydrogens (tertiary/aromatic N) is 3. The third kappa shape index (κ3) is 3.10. The van der Waals surface area contributed by atoms with Gasteiger partial charge in [-0.25, -0.2) is 4.98 Å². The Labute approximate surface area is 164 Å². The maximum atomic E-state index is 12.9. The zero-order valence-corrected chi connectivity index (χ0v) is 16.2. The molecule has 2 fully saturated rings. The highest BCUT2D eigenvalue weighted by Crippen LogP contribution is 2.29. The highest BCUT2D eigenvalue weighted by molar-refractivity contribution is 5.77. The van der Waals surface area contributed by atoms with E-state index in [1.807, 2.05) is 55.5 Å². The van der Waals surface area contributed by atoms with Crippen LogP contribution in [0.15, 0.2) is 53.3 Å². The molecule has 3 aromatic rings. The molecule has 1 aliphatic carbocycles. The SMILES string of the molecule is Cc1nc2ccccc2c(=O)n1-c1ccc(OC2CCN(C3CCC3)C2)cc1. The minimum atomic E-state index is -0.0382. The first-order chi connectivity index (χ1) is 13.7. The minimum Gasteiger partial charge on any atom is -0.489 e. The molecule has 5 nitrogen and oxygen atoms in total. The highest BCUT2D eigenvalue weighted by Gasteiger charge is 2.32. The molecule has 144 valence electrons. The van der Waals surface area contributed by atoms with Gasteiger partial charge in [-0.1, -0.05) is 18.6 Å². The number of hydrogen-bond acceptors (Lipinski definition) is 4. The Morgan fingerprint density at radius 3 is 2.57 bits per heavy atom. The number of ether oxygens (including phenoxy) is 1. The van der Waals surface area contributed by atoms with E-state index in [4.69, 9.17) is 4.74 Å². The number of benzene rings is 2. The van der Waals surface area contributed by atoms with Gasteiger partial charge in [0.25, 0.3) is 5.56 Å². The lowest BCUT2D eigenvalue weighted by Crippen LogP contribution is -2.39. The summed E-state index contributed by atoms with van der Waals surface area (Å²) in [5, 5.41) is 0.635. The number of aryl methyl sites for hydroxylation is 1. The van der Waals surface area contributed by atoms with Gasteiger partial charge in [0.1, 0.15) is 17.7 Å². The number of hydrogen-bond donors (Lipinski definition) is 0. The molecule has 0 radical (unpaired) electrons. The monoisotopic (exact) mass is 375 g/mol. The maximum absolute atomic E-state index is 12.9. The number of fused-ring (bicyclic) bond motifs is 1. The van der Waals surface area contributed by atoms with Crippen molar-refractivity contribution in [3.8, 4) is 11.4 Å². The number of rotatable bonds is 4. The summed E-state index contributed by atoms with van der Waals surface area (Å²) >= 11 is 0. The average molecular weight is 375 g/mol. The molecule has 2 aromatic carbocycles. The summed E-state index contributed by atoms with van der Waals surface area (Å²) in [5.74, 6) is 1.55. The molecule has 0 bridgehead atoms. The van der Waals surface area contributed by atoms with Gasteiger partial charge in [-0.2, -0.15) is 0 Å². The van der Waals surface area contributed by atoms with Gasteiger partial charge < -0.3 is 4.74 Å². The van der Waals surface area contributed by atoms with Crippen LogP contribution in [-0.4, -0.2) is 39.7 Å². The second kappa shape index (κ2) is 7.06. The van der Waals surface area contributed by atoms with Gasteiger partial charge in [0.15, 0.2) is 0 Å². The van der Waals surface area contributed by atoms with Crippen LogP contribution in [0.4, 0.5) is 0 Å². The van der Waals surface area contributed by atoms with E-state index in [0.717, 1.165) is 42.5 Å². The van der Waals surface area contributed by atoms with Gasteiger partial charge in [-0.05, 0) is 62.6 Å². The fraction of sp³-hybridized carbons (Fsp3) is 0.391. The van der Waals surface area contributed by atoms with Gasteiger partial charge in [-0.3, -0.25) is 14.3 Å². The van der Waals surface area contributed by atoms with Gasteiger partial charge in [0.2, 0.25) is 0 Å². The van der Waals surface area contributed by atoms with Gasteiger partial charge in [0.05, 0.1) is 16.6 Å². The van der Waals surface area contributed by atoms with Crippen LogP contribution in [0.3, 0.4) is 0 Å². The first-order valence-electron chi connectivity index (χ1n) is 10.2. The number of aromatic nitrogens is 2. The molecule has 2 heterocycles. The standard InChI is InChI=1S/C23H25N3O2/c1-16-24-22-8-3-2-7-21(22)23(27)26(16)18-9-11-19(12-10-18)28-20-13-14-25(15-20)17-5-4-6-17/h2-3,7-12,17,20H,4-6,13-15H2,1H3. The smallest absolute Gasteiger partial charge is 0.265 e. The largest absolute Gasteiger partial charge is 0.489 e. The van der Waals surface area contributed by atoms with E-state index in [2.05, 4.69) is 9.88 Å². The van der Waals surface area contributed by atoms with Gasteiger partial charge in [-0.15, -0.1) is 0 Å². The molecule has 1 saturated heterocycles. The summed E-state index contributed by atoms with van der Waals surface area (Å²) < 4.78 is 7.87. The lowest BCUT2D eigenvalue weighted by molar-refractivity contribution is 0.133. The quantitative estimate of drug-likeness (QED) is 0.698. The second-order valence-corrected chi connectivity index (χ2v) is 7.92. The summed E-state index contributed by atoms with van der Waals surface area (Å²) in [5.41, 5.74) is 1.51. The molecule has 28 heavy (non-hydrogen) atoms. The van der Waals surface area contributed by atoms with Crippen molar-refractivity contribution < 1.29 is 4.74 Å². The Bertz CT molecular complexity index is 1050. The van der Waals surface area contributed by atoms with Crippen LogP contribution in [-0.2, 0) is 0 Å². The van der Waals surface area contributed by atoms with Crippen LogP contribution in [0, 0.1) is 6.92 Å². The molecule has 1 unspecified atom stereocenters. The topological polar surface area (TPSA) is 47.4 Å². The Morgan fingerprint density at radius 1 is 1.04 bits per heavy atom. The van der Waals surface area contributed by atoms with Gasteiger partial charge >= 0.3 is 0 Å². The lowest BCUT2D eigenvalue weighted by Gasteiger charge is -2.34. The summed E-state index contributed by atoms with van der Waals surface area (Å²) in [6, 6.07) is 16.1. The fourth-order valence-electron chi connectivity index (χ4n) is 4.35. The summed E-state index contributed by atoms with van der Waals surface area (Å²) in [6.07, 6.45) is 5.41. The van der Waals surface area contributed by atoms with Crippen LogP contribution in [0.2, 0.25) is 0 Å². The van der Waals surface area contributed by atoms with Crippen molar-refractivity contribution in [3.63, 3.8) is 0 Å². The number of likely N-dealkylation sites (tertiary alicyclic amines) is 1. The van der Waals surface area contributed by atoms with Crippen molar-refractivity contribution in [1.82, 2.24) is 14.5 Å². The van der Waals surface area contributed by atoms with E-state index in [1.54, 1.807) is 4.57 Å². The third-order valence-corrected chi connectivity index (χ3v) is 6.11. The zero-order chi connectivity index (χ0) is 19.1. The average Bonchev–Trinajstić information content (AvgIpc) is 3.09. The molecule has 5 rings (SSSR count). The zero-order valence-electron chi connectivity index (χ0n) is 16.2. The van der Waals surface area contributed by atoms with Crippen LogP contribution in [0.25, 0.3) is 16.6 Å². The Balaban J connectivity index is 1.36. The minimum absolute atomic E-state index is 0.0382. The van der Waals surface area contributed by atoms with Crippen molar-refractivity contribution in [1.29, 1.82) is 0 Å². The Hall–Kier alpha value is -2.66. The van der Waals surface area contributed by atoms with Crippen molar-refractivity contribution in [3.05, 3.63) is 64.7 Å². The van der Waals surface area contributed by atoms with E-state index in [-0.39, 0.29) is 11.7 Å². The predicted molar refractivity (Wildman–Crippen MR) is 110 cm³/mol. The van der Waals surface area contributed by atoms with E-state index >= 15 is 0 Å². The molecule has 0 N–H and O–H groups in total. The van der Waals surface area contributed by atoms with Crippen LogP contribution in [0.1, 0.15) is 31.5 Å². The summed E-state index contributed by atoms with van der Waals surface area (Å²) in [6.45, 7) is 4.04. The van der Waals surface area contributed by atoms with Crippen molar-refractivity contribution >= 4 is 10.9 Å². The highest BCUT2D eigenvalue weighted by atomic mass is 16.5. The third-order valence-electron chi connectivity index (χ3n) is 6.11.